The summed E-state index contributed by atoms with van der Waals surface area (Å²) in [6, 6.07) is 8.81. The van der Waals surface area contributed by atoms with Crippen LogP contribution in [-0.4, -0.2) is 6.54 Å². The Morgan fingerprint density at radius 3 is 2.56 bits per heavy atom. The van der Waals surface area contributed by atoms with Gasteiger partial charge in [-0.2, -0.15) is 0 Å². The Kier molecular flexibility index (Phi) is 4.60. The van der Waals surface area contributed by atoms with E-state index in [1.807, 2.05) is 0 Å². The van der Waals surface area contributed by atoms with Gasteiger partial charge in [0.15, 0.2) is 0 Å². The molecule has 98 valence electrons. The third-order valence-corrected chi connectivity index (χ3v) is 3.77. The standard InChI is InChI=1S/C17H25N/c1-13-4-6-16(7-5-13)11-18-12-17-9-14(2)8-15(3)10-17/h4-8,14,17-18H,9-12H2,1-3H3. The number of allylic oxidation sites excluding steroid dienone is 2. The topological polar surface area (TPSA) is 12.0 Å². The number of aryl methyl sites for hydroxylation is 1. The molecule has 1 aliphatic rings. The van der Waals surface area contributed by atoms with Crippen molar-refractivity contribution in [3.8, 4) is 0 Å². The largest absolute Gasteiger partial charge is 0.312 e. The highest BCUT2D eigenvalue weighted by Crippen LogP contribution is 2.27. The van der Waals surface area contributed by atoms with E-state index < -0.39 is 0 Å². The van der Waals surface area contributed by atoms with Crippen molar-refractivity contribution in [2.45, 2.75) is 40.2 Å². The predicted molar refractivity (Wildman–Crippen MR) is 78.5 cm³/mol. The lowest BCUT2D eigenvalue weighted by atomic mass is 9.84. The average molecular weight is 243 g/mol. The number of hydrogen-bond acceptors (Lipinski definition) is 1. The second kappa shape index (κ2) is 6.19. The Bertz CT molecular complexity index is 402. The van der Waals surface area contributed by atoms with Gasteiger partial charge in [0.2, 0.25) is 0 Å². The van der Waals surface area contributed by atoms with Gasteiger partial charge in [-0.15, -0.1) is 0 Å². The molecule has 0 spiro atoms. The zero-order valence-corrected chi connectivity index (χ0v) is 11.9. The quantitative estimate of drug-likeness (QED) is 0.786. The first-order valence-corrected chi connectivity index (χ1v) is 7.07. The molecule has 1 N–H and O–H groups in total. The minimum absolute atomic E-state index is 0.755. The third kappa shape index (κ3) is 3.99. The van der Waals surface area contributed by atoms with Crippen molar-refractivity contribution >= 4 is 0 Å². The molecule has 0 saturated carbocycles. The molecule has 2 unspecified atom stereocenters. The molecular formula is C17H25N. The van der Waals surface area contributed by atoms with Gasteiger partial charge < -0.3 is 5.32 Å². The van der Waals surface area contributed by atoms with Crippen LogP contribution in [0.2, 0.25) is 0 Å². The molecule has 0 radical (unpaired) electrons. The first-order chi connectivity index (χ1) is 8.63. The van der Waals surface area contributed by atoms with E-state index in [0.29, 0.717) is 0 Å². The maximum Gasteiger partial charge on any atom is 0.0205 e. The van der Waals surface area contributed by atoms with Crippen LogP contribution >= 0.6 is 0 Å². The molecule has 1 heteroatoms. The summed E-state index contributed by atoms with van der Waals surface area (Å²) in [5.74, 6) is 1.57. The van der Waals surface area contributed by atoms with E-state index >= 15 is 0 Å². The smallest absolute Gasteiger partial charge is 0.0205 e. The lowest BCUT2D eigenvalue weighted by Crippen LogP contribution is -2.25. The van der Waals surface area contributed by atoms with Crippen molar-refractivity contribution in [2.24, 2.45) is 11.8 Å². The Morgan fingerprint density at radius 1 is 1.17 bits per heavy atom. The molecular weight excluding hydrogens is 218 g/mol. The van der Waals surface area contributed by atoms with Crippen molar-refractivity contribution in [3.05, 3.63) is 47.0 Å². The van der Waals surface area contributed by atoms with Gasteiger partial charge in [-0.3, -0.25) is 0 Å². The van der Waals surface area contributed by atoms with Gasteiger partial charge in [-0.05, 0) is 50.6 Å². The summed E-state index contributed by atoms with van der Waals surface area (Å²) in [6.07, 6.45) is 5.03. The summed E-state index contributed by atoms with van der Waals surface area (Å²) < 4.78 is 0. The highest BCUT2D eigenvalue weighted by molar-refractivity contribution is 5.21. The molecule has 2 atom stereocenters. The van der Waals surface area contributed by atoms with Crippen LogP contribution in [0.4, 0.5) is 0 Å². The van der Waals surface area contributed by atoms with Crippen LogP contribution < -0.4 is 5.32 Å². The van der Waals surface area contributed by atoms with Crippen LogP contribution in [0.1, 0.15) is 37.8 Å². The summed E-state index contributed by atoms with van der Waals surface area (Å²) >= 11 is 0. The molecule has 18 heavy (non-hydrogen) atoms. The Hall–Kier alpha value is -1.08. The fraction of sp³-hybridized carbons (Fsp3) is 0.529. The van der Waals surface area contributed by atoms with Gasteiger partial charge in [0.05, 0.1) is 0 Å². The number of benzene rings is 1. The Labute approximate surface area is 111 Å². The van der Waals surface area contributed by atoms with Crippen LogP contribution in [0.5, 0.6) is 0 Å². The maximum absolute atomic E-state index is 3.60. The fourth-order valence-corrected chi connectivity index (χ4v) is 2.97. The first kappa shape index (κ1) is 13.4. The van der Waals surface area contributed by atoms with E-state index in [1.165, 1.54) is 24.0 Å². The third-order valence-electron chi connectivity index (χ3n) is 3.77. The summed E-state index contributed by atoms with van der Waals surface area (Å²) in [7, 11) is 0. The molecule has 1 nitrogen and oxygen atoms in total. The molecule has 1 aliphatic carbocycles. The highest BCUT2D eigenvalue weighted by Gasteiger charge is 2.17. The van der Waals surface area contributed by atoms with E-state index in [0.717, 1.165) is 24.9 Å². The Morgan fingerprint density at radius 2 is 1.89 bits per heavy atom. The monoisotopic (exact) mass is 243 g/mol. The molecule has 0 fully saturated rings. The summed E-state index contributed by atoms with van der Waals surface area (Å²) in [6.45, 7) is 8.87. The molecule has 0 saturated heterocycles. The molecule has 0 heterocycles. The molecule has 0 aromatic heterocycles. The molecule has 1 aromatic carbocycles. The molecule has 0 amide bonds. The van der Waals surface area contributed by atoms with Gasteiger partial charge in [-0.25, -0.2) is 0 Å². The SMILES string of the molecule is CC1=CC(C)CC(CNCc2ccc(C)cc2)C1. The number of rotatable bonds is 4. The zero-order valence-electron chi connectivity index (χ0n) is 11.9. The highest BCUT2D eigenvalue weighted by atomic mass is 14.9. The number of nitrogens with one attached hydrogen (secondary N) is 1. The van der Waals surface area contributed by atoms with Crippen molar-refractivity contribution in [1.29, 1.82) is 0 Å². The van der Waals surface area contributed by atoms with Crippen molar-refractivity contribution in [1.82, 2.24) is 5.32 Å². The van der Waals surface area contributed by atoms with E-state index in [-0.39, 0.29) is 0 Å². The average Bonchev–Trinajstić information content (AvgIpc) is 2.30. The van der Waals surface area contributed by atoms with Gasteiger partial charge in [-0.1, -0.05) is 48.4 Å². The predicted octanol–water partition coefficient (Wildman–Crippen LogP) is 4.08. The van der Waals surface area contributed by atoms with E-state index in [9.17, 15) is 0 Å². The van der Waals surface area contributed by atoms with Gasteiger partial charge in [0.25, 0.3) is 0 Å². The molecule has 0 aliphatic heterocycles. The second-order valence-corrected chi connectivity index (χ2v) is 5.91. The zero-order chi connectivity index (χ0) is 13.0. The summed E-state index contributed by atoms with van der Waals surface area (Å²) in [5, 5.41) is 3.60. The number of hydrogen-bond donors (Lipinski definition) is 1. The van der Waals surface area contributed by atoms with Gasteiger partial charge >= 0.3 is 0 Å². The minimum atomic E-state index is 0.755. The van der Waals surface area contributed by atoms with Gasteiger partial charge in [0, 0.05) is 6.54 Å². The van der Waals surface area contributed by atoms with E-state index in [4.69, 9.17) is 0 Å². The maximum atomic E-state index is 3.60. The van der Waals surface area contributed by atoms with Crippen molar-refractivity contribution < 1.29 is 0 Å². The summed E-state index contributed by atoms with van der Waals surface area (Å²) in [4.78, 5) is 0. The molecule has 2 rings (SSSR count). The van der Waals surface area contributed by atoms with E-state index in [1.54, 1.807) is 5.57 Å². The van der Waals surface area contributed by atoms with Crippen LogP contribution in [0.3, 0.4) is 0 Å². The Balaban J connectivity index is 1.76. The van der Waals surface area contributed by atoms with Crippen molar-refractivity contribution in [3.63, 3.8) is 0 Å². The second-order valence-electron chi connectivity index (χ2n) is 5.91. The molecule has 1 aromatic rings. The van der Waals surface area contributed by atoms with Crippen LogP contribution in [0.15, 0.2) is 35.9 Å². The summed E-state index contributed by atoms with van der Waals surface area (Å²) in [5.41, 5.74) is 4.29. The van der Waals surface area contributed by atoms with E-state index in [2.05, 4.69) is 56.4 Å². The van der Waals surface area contributed by atoms with Crippen LogP contribution in [-0.2, 0) is 6.54 Å². The van der Waals surface area contributed by atoms with Crippen LogP contribution in [0.25, 0.3) is 0 Å². The van der Waals surface area contributed by atoms with Crippen molar-refractivity contribution in [2.75, 3.05) is 6.54 Å². The fourth-order valence-electron chi connectivity index (χ4n) is 2.97. The lowest BCUT2D eigenvalue weighted by Gasteiger charge is -2.25. The van der Waals surface area contributed by atoms with Gasteiger partial charge in [0.1, 0.15) is 0 Å². The first-order valence-electron chi connectivity index (χ1n) is 7.07. The molecule has 0 bridgehead atoms. The minimum Gasteiger partial charge on any atom is -0.312 e. The lowest BCUT2D eigenvalue weighted by molar-refractivity contribution is 0.381. The normalized spacial score (nSPS) is 23.8. The van der Waals surface area contributed by atoms with Crippen LogP contribution in [0, 0.1) is 18.8 Å².